The largest absolute Gasteiger partial charge is 0.481 e. The minimum Gasteiger partial charge on any atom is -0.481 e. The van der Waals surface area contributed by atoms with Gasteiger partial charge in [-0.05, 0) is 46.1 Å². The molecule has 0 aromatic carbocycles. The lowest BCUT2D eigenvalue weighted by molar-refractivity contribution is -0.152. The lowest BCUT2D eigenvalue weighted by atomic mass is 9.76. The molecule has 1 amide bonds. The molecule has 5 nitrogen and oxygen atoms in total. The number of aliphatic carboxylic acids is 1. The van der Waals surface area contributed by atoms with Crippen LogP contribution < -0.4 is 0 Å². The zero-order chi connectivity index (χ0) is 17.3. The van der Waals surface area contributed by atoms with Gasteiger partial charge in [0.05, 0.1) is 11.0 Å². The van der Waals surface area contributed by atoms with Crippen LogP contribution in [0.2, 0.25) is 0 Å². The van der Waals surface area contributed by atoms with Crippen molar-refractivity contribution in [1.82, 2.24) is 9.47 Å². The third-order valence-electron chi connectivity index (χ3n) is 4.76. The summed E-state index contributed by atoms with van der Waals surface area (Å²) in [7, 11) is 0. The highest BCUT2D eigenvalue weighted by Crippen LogP contribution is 2.35. The molecule has 2 heterocycles. The topological polar surface area (TPSA) is 62.5 Å². The highest BCUT2D eigenvalue weighted by atomic mass is 16.4. The van der Waals surface area contributed by atoms with E-state index in [2.05, 4.69) is 20.8 Å². The van der Waals surface area contributed by atoms with Gasteiger partial charge in [-0.2, -0.15) is 0 Å². The molecule has 1 aromatic rings. The molecule has 5 heteroatoms. The molecule has 0 unspecified atom stereocenters. The van der Waals surface area contributed by atoms with E-state index in [4.69, 9.17) is 0 Å². The number of carboxylic acid groups (broad SMARTS) is 1. The van der Waals surface area contributed by atoms with Crippen molar-refractivity contribution in [1.29, 1.82) is 0 Å². The first-order valence-electron chi connectivity index (χ1n) is 8.41. The number of aromatic nitrogens is 1. The van der Waals surface area contributed by atoms with Gasteiger partial charge in [-0.3, -0.25) is 9.59 Å². The summed E-state index contributed by atoms with van der Waals surface area (Å²) in [4.78, 5) is 26.3. The van der Waals surface area contributed by atoms with E-state index in [-0.39, 0.29) is 11.4 Å². The number of likely N-dealkylation sites (tertiary alicyclic amines) is 1. The van der Waals surface area contributed by atoms with Crippen LogP contribution in [-0.4, -0.2) is 39.5 Å². The molecule has 0 radical (unpaired) electrons. The Balaban J connectivity index is 2.19. The Labute approximate surface area is 138 Å². The van der Waals surface area contributed by atoms with E-state index >= 15 is 0 Å². The van der Waals surface area contributed by atoms with Crippen LogP contribution in [0, 0.1) is 5.41 Å². The minimum absolute atomic E-state index is 0.0607. The zero-order valence-electron chi connectivity index (χ0n) is 14.6. The summed E-state index contributed by atoms with van der Waals surface area (Å²) in [6.45, 7) is 9.19. The van der Waals surface area contributed by atoms with Gasteiger partial charge in [0.1, 0.15) is 0 Å². The number of carbonyl (C=O) groups is 2. The maximum atomic E-state index is 12.8. The van der Waals surface area contributed by atoms with Crippen LogP contribution in [0.5, 0.6) is 0 Å². The van der Waals surface area contributed by atoms with Crippen molar-refractivity contribution >= 4 is 11.9 Å². The summed E-state index contributed by atoms with van der Waals surface area (Å²) in [6, 6.07) is 1.82. The van der Waals surface area contributed by atoms with Gasteiger partial charge in [0.25, 0.3) is 5.91 Å². The van der Waals surface area contributed by atoms with Crippen LogP contribution in [0.4, 0.5) is 0 Å². The van der Waals surface area contributed by atoms with Gasteiger partial charge in [-0.15, -0.1) is 0 Å². The first-order chi connectivity index (χ1) is 10.7. The van der Waals surface area contributed by atoms with Crippen LogP contribution in [0.25, 0.3) is 0 Å². The Morgan fingerprint density at radius 3 is 2.57 bits per heavy atom. The third-order valence-corrected chi connectivity index (χ3v) is 4.76. The maximum absolute atomic E-state index is 12.8. The average molecular weight is 320 g/mol. The molecule has 1 N–H and O–H groups in total. The predicted molar refractivity (Wildman–Crippen MR) is 89.5 cm³/mol. The van der Waals surface area contributed by atoms with Gasteiger partial charge < -0.3 is 14.6 Å². The van der Waals surface area contributed by atoms with Crippen LogP contribution in [-0.2, 0) is 10.3 Å². The molecule has 1 aliphatic rings. The molecule has 1 fully saturated rings. The highest BCUT2D eigenvalue weighted by molar-refractivity contribution is 5.94. The summed E-state index contributed by atoms with van der Waals surface area (Å²) in [6.07, 6.45) is 6.61. The lowest BCUT2D eigenvalue weighted by Crippen LogP contribution is -2.49. The quantitative estimate of drug-likeness (QED) is 0.925. The Bertz CT molecular complexity index is 581. The van der Waals surface area contributed by atoms with Gasteiger partial charge in [0.15, 0.2) is 0 Å². The van der Waals surface area contributed by atoms with Crippen LogP contribution >= 0.6 is 0 Å². The van der Waals surface area contributed by atoms with Crippen molar-refractivity contribution in [3.63, 3.8) is 0 Å². The lowest BCUT2D eigenvalue weighted by Gasteiger charge is -2.39. The zero-order valence-corrected chi connectivity index (χ0v) is 14.6. The summed E-state index contributed by atoms with van der Waals surface area (Å²) in [5.74, 6) is -0.835. The maximum Gasteiger partial charge on any atom is 0.311 e. The molecule has 0 saturated carbocycles. The van der Waals surface area contributed by atoms with Crippen molar-refractivity contribution < 1.29 is 14.7 Å². The van der Waals surface area contributed by atoms with Gasteiger partial charge in [-0.25, -0.2) is 0 Å². The van der Waals surface area contributed by atoms with Crippen molar-refractivity contribution in [3.8, 4) is 0 Å². The normalized spacial score (nSPS) is 22.2. The van der Waals surface area contributed by atoms with Crippen LogP contribution in [0.3, 0.4) is 0 Å². The second-order valence-corrected chi connectivity index (χ2v) is 7.64. The first kappa shape index (κ1) is 17.6. The monoisotopic (exact) mass is 320 g/mol. The van der Waals surface area contributed by atoms with E-state index < -0.39 is 11.4 Å². The number of nitrogens with zero attached hydrogens (tertiary/aromatic N) is 2. The Kier molecular flexibility index (Phi) is 4.87. The Morgan fingerprint density at radius 1 is 1.35 bits per heavy atom. The van der Waals surface area contributed by atoms with E-state index in [9.17, 15) is 14.7 Å². The summed E-state index contributed by atoms with van der Waals surface area (Å²) in [5, 5.41) is 9.66. The minimum atomic E-state index is -0.782. The van der Waals surface area contributed by atoms with Crippen molar-refractivity contribution in [2.24, 2.45) is 5.41 Å². The third kappa shape index (κ3) is 3.59. The number of carbonyl (C=O) groups excluding carboxylic acids is 1. The number of hydrogen-bond acceptors (Lipinski definition) is 2. The number of amides is 1. The number of hydrogen-bond donors (Lipinski definition) is 1. The predicted octanol–water partition coefficient (Wildman–Crippen LogP) is 3.35. The molecule has 0 bridgehead atoms. The van der Waals surface area contributed by atoms with Gasteiger partial charge in [-0.1, -0.05) is 13.3 Å². The molecule has 1 saturated heterocycles. The molecular formula is C18H28N2O3. The van der Waals surface area contributed by atoms with E-state index in [0.29, 0.717) is 31.5 Å². The molecule has 0 aliphatic carbocycles. The fourth-order valence-corrected chi connectivity index (χ4v) is 3.39. The van der Waals surface area contributed by atoms with Crippen molar-refractivity contribution in [2.45, 2.75) is 58.9 Å². The fourth-order valence-electron chi connectivity index (χ4n) is 3.39. The van der Waals surface area contributed by atoms with Crippen molar-refractivity contribution in [2.75, 3.05) is 13.1 Å². The van der Waals surface area contributed by atoms with E-state index in [1.165, 1.54) is 0 Å². The van der Waals surface area contributed by atoms with Gasteiger partial charge >= 0.3 is 5.97 Å². The van der Waals surface area contributed by atoms with E-state index in [0.717, 1.165) is 12.8 Å². The van der Waals surface area contributed by atoms with Crippen molar-refractivity contribution in [3.05, 3.63) is 24.0 Å². The number of carboxylic acids is 1. The smallest absolute Gasteiger partial charge is 0.311 e. The van der Waals surface area contributed by atoms with Gasteiger partial charge in [0.2, 0.25) is 0 Å². The number of rotatable bonds is 4. The molecule has 1 aromatic heterocycles. The average Bonchev–Trinajstić information content (AvgIpc) is 2.96. The molecular weight excluding hydrogens is 292 g/mol. The Hall–Kier alpha value is -1.78. The second kappa shape index (κ2) is 6.38. The second-order valence-electron chi connectivity index (χ2n) is 7.64. The molecule has 1 aliphatic heterocycles. The molecule has 128 valence electrons. The van der Waals surface area contributed by atoms with Gasteiger partial charge in [0, 0.05) is 31.0 Å². The summed E-state index contributed by atoms with van der Waals surface area (Å²) < 4.78 is 2.01. The highest BCUT2D eigenvalue weighted by Gasteiger charge is 2.43. The molecule has 1 atom stereocenters. The summed E-state index contributed by atoms with van der Waals surface area (Å²) in [5.41, 5.74) is -0.222. The van der Waals surface area contributed by atoms with E-state index in [1.807, 2.05) is 30.0 Å². The standard InChI is InChI=1S/C18H28N2O3/c1-5-8-18(16(22)23)9-6-10-19(13-18)15(21)14-7-11-20(12-14)17(2,3)4/h7,11-12H,5-6,8-10,13H2,1-4H3,(H,22,23)/t18-/m0/s1. The first-order valence-corrected chi connectivity index (χ1v) is 8.41. The SMILES string of the molecule is CCC[C@]1(C(=O)O)CCCN(C(=O)c2ccn(C(C)(C)C)c2)C1. The van der Waals surface area contributed by atoms with Crippen LogP contribution in [0.15, 0.2) is 18.5 Å². The molecule has 23 heavy (non-hydrogen) atoms. The van der Waals surface area contributed by atoms with E-state index in [1.54, 1.807) is 4.90 Å². The fraction of sp³-hybridized carbons (Fsp3) is 0.667. The van der Waals surface area contributed by atoms with Crippen LogP contribution in [0.1, 0.15) is 63.7 Å². The number of piperidine rings is 1. The summed E-state index contributed by atoms with van der Waals surface area (Å²) >= 11 is 0. The Morgan fingerprint density at radius 2 is 2.04 bits per heavy atom. The molecule has 0 spiro atoms. The molecule has 2 rings (SSSR count).